The first-order chi connectivity index (χ1) is 10.2. The normalized spacial score (nSPS) is 11.7. The van der Waals surface area contributed by atoms with E-state index in [2.05, 4.69) is 46.2 Å². The topological polar surface area (TPSA) is 21.3 Å². The fourth-order valence-electron chi connectivity index (χ4n) is 2.07. The molecule has 0 unspecified atom stereocenters. The van der Waals surface area contributed by atoms with Crippen molar-refractivity contribution in [2.24, 2.45) is 0 Å². The average molecular weight is 344 g/mol. The number of nitrogens with one attached hydrogen (secondary N) is 1. The molecule has 2 nitrogen and oxygen atoms in total. The van der Waals surface area contributed by atoms with Crippen molar-refractivity contribution in [1.82, 2.24) is 5.32 Å². The largest absolute Gasteiger partial charge is 0.481 e. The Labute approximate surface area is 134 Å². The van der Waals surface area contributed by atoms with E-state index < -0.39 is 0 Å². The highest BCUT2D eigenvalue weighted by molar-refractivity contribution is 9.10. The van der Waals surface area contributed by atoms with Crippen molar-refractivity contribution in [1.29, 1.82) is 0 Å². The minimum atomic E-state index is 0.253. The van der Waals surface area contributed by atoms with Crippen LogP contribution >= 0.6 is 15.9 Å². The molecule has 0 spiro atoms. The molecule has 0 aromatic heterocycles. The molecule has 3 heteroatoms. The van der Waals surface area contributed by atoms with Crippen LogP contribution in [0.15, 0.2) is 53.0 Å². The highest BCUT2D eigenvalue weighted by atomic mass is 79.9. The summed E-state index contributed by atoms with van der Waals surface area (Å²) in [5, 5.41) is 3.51. The average Bonchev–Trinajstić information content (AvgIpc) is 2.51. The molecule has 0 saturated carbocycles. The predicted molar refractivity (Wildman–Crippen MR) is 90.2 cm³/mol. The third kappa shape index (κ3) is 4.63. The van der Waals surface area contributed by atoms with Crippen LogP contribution in [0.25, 0.3) is 0 Å². The summed E-state index contributed by atoms with van der Waals surface area (Å²) in [6.07, 6.45) is 5.24. The summed E-state index contributed by atoms with van der Waals surface area (Å²) in [6.45, 7) is 3.17. The molecule has 0 aliphatic rings. The lowest BCUT2D eigenvalue weighted by Crippen LogP contribution is -2.18. The first kappa shape index (κ1) is 15.6. The number of terminal acetylenes is 1. The van der Waals surface area contributed by atoms with Crippen molar-refractivity contribution in [3.63, 3.8) is 0 Å². The minimum Gasteiger partial charge on any atom is -0.481 e. The second-order valence-electron chi connectivity index (χ2n) is 4.76. The van der Waals surface area contributed by atoms with E-state index in [0.717, 1.165) is 22.3 Å². The van der Waals surface area contributed by atoms with Gasteiger partial charge in [-0.25, -0.2) is 0 Å². The van der Waals surface area contributed by atoms with Crippen molar-refractivity contribution in [3.05, 3.63) is 64.1 Å². The summed E-state index contributed by atoms with van der Waals surface area (Å²) in [4.78, 5) is 0. The number of para-hydroxylation sites is 1. The van der Waals surface area contributed by atoms with Gasteiger partial charge in [-0.1, -0.05) is 52.2 Å². The number of hydrogen-bond donors (Lipinski definition) is 1. The number of rotatable bonds is 6. The van der Waals surface area contributed by atoms with Crippen LogP contribution in [0.1, 0.15) is 24.1 Å². The van der Waals surface area contributed by atoms with E-state index in [1.807, 2.05) is 36.4 Å². The molecule has 21 heavy (non-hydrogen) atoms. The van der Waals surface area contributed by atoms with Crippen LogP contribution in [-0.4, -0.2) is 6.61 Å². The van der Waals surface area contributed by atoms with Crippen molar-refractivity contribution in [3.8, 4) is 18.1 Å². The predicted octanol–water partition coefficient (Wildman–Crippen LogP) is 4.31. The van der Waals surface area contributed by atoms with Crippen molar-refractivity contribution >= 4 is 15.9 Å². The first-order valence-electron chi connectivity index (χ1n) is 6.83. The molecule has 0 aliphatic carbocycles. The van der Waals surface area contributed by atoms with Gasteiger partial charge in [-0.2, -0.15) is 0 Å². The van der Waals surface area contributed by atoms with E-state index in [9.17, 15) is 0 Å². The highest BCUT2D eigenvalue weighted by Crippen LogP contribution is 2.21. The van der Waals surface area contributed by atoms with Crippen LogP contribution in [0, 0.1) is 12.3 Å². The fraction of sp³-hybridized carbons (Fsp3) is 0.222. The molecule has 1 N–H and O–H groups in total. The third-order valence-electron chi connectivity index (χ3n) is 3.23. The van der Waals surface area contributed by atoms with Crippen LogP contribution in [0.5, 0.6) is 5.75 Å². The molecule has 0 radical (unpaired) electrons. The van der Waals surface area contributed by atoms with Crippen LogP contribution < -0.4 is 10.1 Å². The van der Waals surface area contributed by atoms with E-state index >= 15 is 0 Å². The Morgan fingerprint density at radius 3 is 2.81 bits per heavy atom. The molecular formula is C18H18BrNO. The van der Waals surface area contributed by atoms with Gasteiger partial charge < -0.3 is 10.1 Å². The first-order valence-corrected chi connectivity index (χ1v) is 7.63. The lowest BCUT2D eigenvalue weighted by molar-refractivity contribution is 0.364. The van der Waals surface area contributed by atoms with Crippen molar-refractivity contribution < 1.29 is 4.74 Å². The number of hydrogen-bond acceptors (Lipinski definition) is 2. The molecule has 0 aliphatic heterocycles. The lowest BCUT2D eigenvalue weighted by atomic mass is 10.1. The second-order valence-corrected chi connectivity index (χ2v) is 5.67. The number of benzene rings is 2. The molecule has 0 saturated heterocycles. The third-order valence-corrected chi connectivity index (χ3v) is 3.72. The van der Waals surface area contributed by atoms with Gasteiger partial charge in [-0.3, -0.25) is 0 Å². The second kappa shape index (κ2) is 7.87. The van der Waals surface area contributed by atoms with Gasteiger partial charge in [0.05, 0.1) is 0 Å². The molecule has 2 aromatic rings. The molecule has 0 bridgehead atoms. The maximum atomic E-state index is 5.56. The Morgan fingerprint density at radius 1 is 1.24 bits per heavy atom. The van der Waals surface area contributed by atoms with Gasteiger partial charge in [0.1, 0.15) is 12.4 Å². The Bertz CT molecular complexity index is 633. The van der Waals surface area contributed by atoms with E-state index in [4.69, 9.17) is 11.2 Å². The molecule has 0 fully saturated rings. The Balaban J connectivity index is 2.01. The van der Waals surface area contributed by atoms with Gasteiger partial charge in [0, 0.05) is 22.6 Å². The lowest BCUT2D eigenvalue weighted by Gasteiger charge is -2.16. The summed E-state index contributed by atoms with van der Waals surface area (Å²) < 4.78 is 6.65. The molecule has 0 heterocycles. The number of ether oxygens (including phenoxy) is 1. The molecule has 108 valence electrons. The molecule has 2 aromatic carbocycles. The minimum absolute atomic E-state index is 0.253. The standard InChI is InChI=1S/C18H18BrNO/c1-3-11-21-18-10-5-4-7-16(18)13-20-14(2)15-8-6-9-17(19)12-15/h1,4-10,12,14,20H,11,13H2,2H3/t14-/m1/s1. The Morgan fingerprint density at radius 2 is 2.05 bits per heavy atom. The van der Waals surface area contributed by atoms with Crippen LogP contribution in [0.2, 0.25) is 0 Å². The van der Waals surface area contributed by atoms with Gasteiger partial charge in [0.25, 0.3) is 0 Å². The SMILES string of the molecule is C#CCOc1ccccc1CN[C@H](C)c1cccc(Br)c1. The van der Waals surface area contributed by atoms with E-state index in [0.29, 0.717) is 0 Å². The summed E-state index contributed by atoms with van der Waals surface area (Å²) >= 11 is 3.50. The van der Waals surface area contributed by atoms with Crippen LogP contribution in [-0.2, 0) is 6.54 Å². The van der Waals surface area contributed by atoms with Crippen LogP contribution in [0.3, 0.4) is 0 Å². The summed E-state index contributed by atoms with van der Waals surface area (Å²) in [5.74, 6) is 3.33. The maximum absolute atomic E-state index is 5.56. The molecule has 1 atom stereocenters. The van der Waals surface area contributed by atoms with Gasteiger partial charge in [-0.05, 0) is 30.7 Å². The van der Waals surface area contributed by atoms with E-state index in [1.54, 1.807) is 0 Å². The Hall–Kier alpha value is -1.76. The van der Waals surface area contributed by atoms with Crippen LogP contribution in [0.4, 0.5) is 0 Å². The van der Waals surface area contributed by atoms with Crippen molar-refractivity contribution in [2.45, 2.75) is 19.5 Å². The zero-order valence-electron chi connectivity index (χ0n) is 12.0. The Kier molecular flexibility index (Phi) is 5.86. The quantitative estimate of drug-likeness (QED) is 0.789. The molecular weight excluding hydrogens is 326 g/mol. The zero-order valence-corrected chi connectivity index (χ0v) is 13.6. The summed E-state index contributed by atoms with van der Waals surface area (Å²) in [5.41, 5.74) is 2.35. The van der Waals surface area contributed by atoms with E-state index in [1.165, 1.54) is 5.56 Å². The van der Waals surface area contributed by atoms with Gasteiger partial charge in [0.2, 0.25) is 0 Å². The molecule has 2 rings (SSSR count). The zero-order chi connectivity index (χ0) is 15.1. The monoisotopic (exact) mass is 343 g/mol. The number of halogens is 1. The van der Waals surface area contributed by atoms with Gasteiger partial charge >= 0.3 is 0 Å². The fourth-order valence-corrected chi connectivity index (χ4v) is 2.48. The molecule has 0 amide bonds. The van der Waals surface area contributed by atoms with E-state index in [-0.39, 0.29) is 12.6 Å². The van der Waals surface area contributed by atoms with Crippen molar-refractivity contribution in [2.75, 3.05) is 6.61 Å². The van der Waals surface area contributed by atoms with Gasteiger partial charge in [-0.15, -0.1) is 6.42 Å². The van der Waals surface area contributed by atoms with Gasteiger partial charge in [0.15, 0.2) is 0 Å². The smallest absolute Gasteiger partial charge is 0.148 e. The summed E-state index contributed by atoms with van der Waals surface area (Å²) in [7, 11) is 0. The highest BCUT2D eigenvalue weighted by Gasteiger charge is 2.07. The summed E-state index contributed by atoms with van der Waals surface area (Å²) in [6, 6.07) is 16.5. The maximum Gasteiger partial charge on any atom is 0.148 e.